The van der Waals surface area contributed by atoms with Crippen LogP contribution < -0.4 is 15.5 Å². The third kappa shape index (κ3) is 7.28. The van der Waals surface area contributed by atoms with Crippen LogP contribution in [0.3, 0.4) is 0 Å². The minimum Gasteiger partial charge on any atom is -0.357 e. The van der Waals surface area contributed by atoms with E-state index in [2.05, 4.69) is 53.3 Å². The molecular weight excluding hydrogens is 481 g/mol. The fraction of sp³-hybridized carbons (Fsp3) is 0.714. The third-order valence-corrected chi connectivity index (χ3v) is 6.97. The maximum absolute atomic E-state index is 4.76. The molecule has 0 radical (unpaired) electrons. The highest BCUT2D eigenvalue weighted by atomic mass is 127. The molecule has 1 aromatic rings. The van der Waals surface area contributed by atoms with E-state index in [1.54, 1.807) is 0 Å². The summed E-state index contributed by atoms with van der Waals surface area (Å²) in [6, 6.07) is 4.33. The van der Waals surface area contributed by atoms with Crippen LogP contribution in [0.1, 0.15) is 57.9 Å². The normalized spacial score (nSPS) is 23.1. The van der Waals surface area contributed by atoms with Crippen molar-refractivity contribution in [2.45, 2.75) is 63.7 Å². The Bertz CT molecular complexity index is 593. The molecule has 0 aromatic carbocycles. The average Bonchev–Trinajstić information content (AvgIpc) is 2.94. The highest BCUT2D eigenvalue weighted by Crippen LogP contribution is 2.36. The number of hydrogen-bond donors (Lipinski definition) is 2. The van der Waals surface area contributed by atoms with Gasteiger partial charge in [0.2, 0.25) is 0 Å². The molecule has 3 rings (SSSR count). The molecule has 0 saturated carbocycles. The van der Waals surface area contributed by atoms with E-state index in [0.29, 0.717) is 11.3 Å². The van der Waals surface area contributed by atoms with Crippen molar-refractivity contribution < 1.29 is 0 Å². The first-order valence-electron chi connectivity index (χ1n) is 10.5. The van der Waals surface area contributed by atoms with Crippen molar-refractivity contribution >= 4 is 47.5 Å². The van der Waals surface area contributed by atoms with Crippen molar-refractivity contribution in [2.24, 2.45) is 4.99 Å². The number of aromatic nitrogens is 1. The number of halogens is 1. The first-order valence-corrected chi connectivity index (χ1v) is 11.5. The Morgan fingerprint density at radius 2 is 1.96 bits per heavy atom. The van der Waals surface area contributed by atoms with Crippen LogP contribution in [-0.2, 0) is 6.54 Å². The van der Waals surface area contributed by atoms with E-state index in [-0.39, 0.29) is 24.0 Å². The van der Waals surface area contributed by atoms with Crippen LogP contribution in [0, 0.1) is 0 Å². The summed E-state index contributed by atoms with van der Waals surface area (Å²) in [6.07, 6.45) is 9.85. The van der Waals surface area contributed by atoms with Crippen molar-refractivity contribution in [1.82, 2.24) is 15.6 Å². The average molecular weight is 518 g/mol. The van der Waals surface area contributed by atoms with Gasteiger partial charge in [-0.15, -0.1) is 24.0 Å². The topological polar surface area (TPSA) is 52.6 Å². The molecule has 2 N–H and O–H groups in total. The molecule has 7 heteroatoms. The van der Waals surface area contributed by atoms with Crippen LogP contribution in [0.2, 0.25) is 0 Å². The summed E-state index contributed by atoms with van der Waals surface area (Å²) in [7, 11) is 0. The molecule has 0 aliphatic carbocycles. The summed E-state index contributed by atoms with van der Waals surface area (Å²) >= 11 is 2.08. The predicted octanol–water partition coefficient (Wildman–Crippen LogP) is 4.42. The maximum atomic E-state index is 4.76. The van der Waals surface area contributed by atoms with Crippen LogP contribution in [0.4, 0.5) is 5.82 Å². The molecule has 158 valence electrons. The SMILES string of the molecule is CCNC(=NCc1ccc(N2CCCCCC2)nc1)NCC1(C)CCCS1.I. The van der Waals surface area contributed by atoms with Crippen molar-refractivity contribution in [3.05, 3.63) is 23.9 Å². The Balaban J connectivity index is 0.00000280. The Labute approximate surface area is 192 Å². The fourth-order valence-corrected chi connectivity index (χ4v) is 5.00. The zero-order chi connectivity index (χ0) is 19.0. The van der Waals surface area contributed by atoms with Crippen molar-refractivity contribution in [3.8, 4) is 0 Å². The molecule has 2 saturated heterocycles. The van der Waals surface area contributed by atoms with Crippen LogP contribution in [0.15, 0.2) is 23.3 Å². The molecule has 2 fully saturated rings. The lowest BCUT2D eigenvalue weighted by atomic mass is 10.1. The monoisotopic (exact) mass is 517 g/mol. The minimum atomic E-state index is 0. The third-order valence-electron chi connectivity index (χ3n) is 5.43. The van der Waals surface area contributed by atoms with Gasteiger partial charge in [0.15, 0.2) is 5.96 Å². The largest absolute Gasteiger partial charge is 0.357 e. The number of rotatable bonds is 6. The van der Waals surface area contributed by atoms with Gasteiger partial charge in [0, 0.05) is 37.1 Å². The number of thioether (sulfide) groups is 1. The molecule has 5 nitrogen and oxygen atoms in total. The van der Waals surface area contributed by atoms with E-state index in [1.165, 1.54) is 44.3 Å². The van der Waals surface area contributed by atoms with Gasteiger partial charge in [-0.2, -0.15) is 11.8 Å². The van der Waals surface area contributed by atoms with Crippen molar-refractivity contribution in [2.75, 3.05) is 36.8 Å². The summed E-state index contributed by atoms with van der Waals surface area (Å²) in [5.74, 6) is 3.30. The Morgan fingerprint density at radius 3 is 2.57 bits per heavy atom. The zero-order valence-corrected chi connectivity index (χ0v) is 20.5. The summed E-state index contributed by atoms with van der Waals surface area (Å²) < 4.78 is 0.340. The van der Waals surface area contributed by atoms with E-state index >= 15 is 0 Å². The van der Waals surface area contributed by atoms with Gasteiger partial charge in [0.25, 0.3) is 0 Å². The van der Waals surface area contributed by atoms with Crippen LogP contribution in [0.5, 0.6) is 0 Å². The van der Waals surface area contributed by atoms with Gasteiger partial charge in [-0.05, 0) is 56.9 Å². The number of nitrogens with one attached hydrogen (secondary N) is 2. The molecule has 0 amide bonds. The molecule has 28 heavy (non-hydrogen) atoms. The molecule has 0 spiro atoms. The summed E-state index contributed by atoms with van der Waals surface area (Å²) in [5.41, 5.74) is 1.16. The number of pyridine rings is 1. The second-order valence-corrected chi connectivity index (χ2v) is 9.56. The summed E-state index contributed by atoms with van der Waals surface area (Å²) in [5, 5.41) is 6.90. The molecule has 1 unspecified atom stereocenters. The number of anilines is 1. The number of guanidine groups is 1. The Kier molecular flexibility index (Phi) is 10.2. The van der Waals surface area contributed by atoms with Crippen molar-refractivity contribution in [3.63, 3.8) is 0 Å². The van der Waals surface area contributed by atoms with E-state index in [1.807, 2.05) is 6.20 Å². The summed E-state index contributed by atoms with van der Waals surface area (Å²) in [4.78, 5) is 11.9. The lowest BCUT2D eigenvalue weighted by Crippen LogP contribution is -2.43. The van der Waals surface area contributed by atoms with E-state index in [9.17, 15) is 0 Å². The Morgan fingerprint density at radius 1 is 1.18 bits per heavy atom. The molecular formula is C21H36IN5S. The van der Waals surface area contributed by atoms with E-state index < -0.39 is 0 Å². The second-order valence-electron chi connectivity index (χ2n) is 7.88. The van der Waals surface area contributed by atoms with E-state index in [0.717, 1.165) is 43.5 Å². The van der Waals surface area contributed by atoms with Gasteiger partial charge < -0.3 is 15.5 Å². The van der Waals surface area contributed by atoms with Gasteiger partial charge in [-0.3, -0.25) is 0 Å². The van der Waals surface area contributed by atoms with Crippen molar-refractivity contribution in [1.29, 1.82) is 0 Å². The molecule has 1 atom stereocenters. The molecule has 2 aliphatic heterocycles. The van der Waals surface area contributed by atoms with Gasteiger partial charge in [0.1, 0.15) is 5.82 Å². The summed E-state index contributed by atoms with van der Waals surface area (Å²) in [6.45, 7) is 9.24. The Hall–Kier alpha value is -0.700. The van der Waals surface area contributed by atoms with Crippen LogP contribution in [0.25, 0.3) is 0 Å². The minimum absolute atomic E-state index is 0. The second kappa shape index (κ2) is 12.1. The first-order chi connectivity index (χ1) is 13.2. The van der Waals surface area contributed by atoms with E-state index in [4.69, 9.17) is 9.98 Å². The standard InChI is InChI=1S/C21H35N5S.HI/c1-3-22-20(25-17-21(2)11-8-14-27-21)24-16-18-9-10-19(23-15-18)26-12-6-4-5-7-13-26;/h9-10,15H,3-8,11-14,16-17H2,1-2H3,(H2,22,24,25);1H. The quantitative estimate of drug-likeness (QED) is 0.333. The lowest BCUT2D eigenvalue weighted by Gasteiger charge is -2.24. The number of aliphatic imine (C=N–C) groups is 1. The lowest BCUT2D eigenvalue weighted by molar-refractivity contribution is 0.584. The molecule has 3 heterocycles. The van der Waals surface area contributed by atoms with Crippen LogP contribution >= 0.6 is 35.7 Å². The first kappa shape index (κ1) is 23.6. The predicted molar refractivity (Wildman–Crippen MR) is 133 cm³/mol. The fourth-order valence-electron chi connectivity index (χ4n) is 3.76. The molecule has 2 aliphatic rings. The maximum Gasteiger partial charge on any atom is 0.191 e. The highest BCUT2D eigenvalue weighted by Gasteiger charge is 2.29. The smallest absolute Gasteiger partial charge is 0.191 e. The number of nitrogens with zero attached hydrogens (tertiary/aromatic N) is 3. The molecule has 0 bridgehead atoms. The van der Waals surface area contributed by atoms with Gasteiger partial charge in [0.05, 0.1) is 6.54 Å². The van der Waals surface area contributed by atoms with Gasteiger partial charge in [-0.1, -0.05) is 18.9 Å². The highest BCUT2D eigenvalue weighted by molar-refractivity contribution is 14.0. The molecule has 1 aromatic heterocycles. The zero-order valence-electron chi connectivity index (χ0n) is 17.4. The van der Waals surface area contributed by atoms with Gasteiger partial charge >= 0.3 is 0 Å². The number of hydrogen-bond acceptors (Lipinski definition) is 4. The van der Waals surface area contributed by atoms with Gasteiger partial charge in [-0.25, -0.2) is 9.98 Å². The van der Waals surface area contributed by atoms with Crippen LogP contribution in [-0.4, -0.2) is 47.6 Å².